The van der Waals surface area contributed by atoms with Crippen LogP contribution in [0.3, 0.4) is 0 Å². The maximum Gasteiger partial charge on any atom is 0.123 e. The predicted octanol–water partition coefficient (Wildman–Crippen LogP) is 2.36. The van der Waals surface area contributed by atoms with Gasteiger partial charge in [-0.15, -0.1) is 11.8 Å². The molecule has 0 unspecified atom stereocenters. The minimum atomic E-state index is 0.740. The summed E-state index contributed by atoms with van der Waals surface area (Å²) in [6, 6.07) is 7.51. The predicted molar refractivity (Wildman–Crippen MR) is 69.0 cm³/mol. The van der Waals surface area contributed by atoms with E-state index < -0.39 is 0 Å². The van der Waals surface area contributed by atoms with Crippen molar-refractivity contribution >= 4 is 17.4 Å². The molecule has 2 rings (SSSR count). The van der Waals surface area contributed by atoms with E-state index in [1.165, 1.54) is 0 Å². The molecular formula is C12H13N3OS. The highest BCUT2D eigenvalue weighted by molar-refractivity contribution is 7.98. The van der Waals surface area contributed by atoms with Crippen LogP contribution in [0.4, 0.5) is 5.69 Å². The molecule has 0 saturated carbocycles. The molecule has 0 amide bonds. The van der Waals surface area contributed by atoms with Crippen molar-refractivity contribution in [3.05, 3.63) is 42.4 Å². The van der Waals surface area contributed by atoms with Crippen LogP contribution in [0.2, 0.25) is 0 Å². The largest absolute Gasteiger partial charge is 0.496 e. The highest BCUT2D eigenvalue weighted by Crippen LogP contribution is 2.28. The Kier molecular flexibility index (Phi) is 3.82. The van der Waals surface area contributed by atoms with Gasteiger partial charge in [0, 0.05) is 23.2 Å². The normalized spacial score (nSPS) is 10.2. The lowest BCUT2D eigenvalue weighted by Gasteiger charge is -2.08. The number of ether oxygens (including phenoxy) is 1. The smallest absolute Gasteiger partial charge is 0.123 e. The first-order valence-electron chi connectivity index (χ1n) is 5.11. The maximum absolute atomic E-state index is 5.76. The first-order chi connectivity index (χ1) is 8.29. The van der Waals surface area contributed by atoms with E-state index in [0.717, 1.165) is 27.8 Å². The molecule has 88 valence electrons. The topological polar surface area (TPSA) is 61.0 Å². The van der Waals surface area contributed by atoms with Crippen LogP contribution < -0.4 is 10.5 Å². The van der Waals surface area contributed by atoms with Gasteiger partial charge in [0.15, 0.2) is 0 Å². The van der Waals surface area contributed by atoms with Crippen molar-refractivity contribution in [3.8, 4) is 5.75 Å². The molecule has 0 spiro atoms. The van der Waals surface area contributed by atoms with Crippen LogP contribution in [-0.4, -0.2) is 17.1 Å². The SMILES string of the molecule is COc1ccc(N)cc1CSc1ccncn1. The van der Waals surface area contributed by atoms with Crippen LogP contribution in [-0.2, 0) is 5.75 Å². The van der Waals surface area contributed by atoms with Gasteiger partial charge in [-0.2, -0.15) is 0 Å². The highest BCUT2D eigenvalue weighted by Gasteiger charge is 2.04. The van der Waals surface area contributed by atoms with Gasteiger partial charge in [0.25, 0.3) is 0 Å². The quantitative estimate of drug-likeness (QED) is 0.510. The molecule has 1 aromatic heterocycles. The fourth-order valence-corrected chi connectivity index (χ4v) is 2.23. The summed E-state index contributed by atoms with van der Waals surface area (Å²) in [5, 5.41) is 0.935. The second-order valence-electron chi connectivity index (χ2n) is 3.41. The third kappa shape index (κ3) is 3.10. The number of benzene rings is 1. The lowest BCUT2D eigenvalue weighted by atomic mass is 10.2. The van der Waals surface area contributed by atoms with Gasteiger partial charge in [0.2, 0.25) is 0 Å². The van der Waals surface area contributed by atoms with Gasteiger partial charge in [0.1, 0.15) is 12.1 Å². The number of nitrogen functional groups attached to an aromatic ring is 1. The van der Waals surface area contributed by atoms with Crippen LogP contribution in [0.15, 0.2) is 41.8 Å². The number of anilines is 1. The van der Waals surface area contributed by atoms with Gasteiger partial charge >= 0.3 is 0 Å². The minimum Gasteiger partial charge on any atom is -0.496 e. The Morgan fingerprint density at radius 1 is 1.35 bits per heavy atom. The highest BCUT2D eigenvalue weighted by atomic mass is 32.2. The molecule has 4 nitrogen and oxygen atoms in total. The van der Waals surface area contributed by atoms with Gasteiger partial charge < -0.3 is 10.5 Å². The lowest BCUT2D eigenvalue weighted by molar-refractivity contribution is 0.411. The zero-order chi connectivity index (χ0) is 12.1. The van der Waals surface area contributed by atoms with E-state index in [1.807, 2.05) is 24.3 Å². The summed E-state index contributed by atoms with van der Waals surface area (Å²) in [4.78, 5) is 8.03. The van der Waals surface area contributed by atoms with E-state index in [4.69, 9.17) is 10.5 Å². The summed E-state index contributed by atoms with van der Waals surface area (Å²) in [6.45, 7) is 0. The Labute approximate surface area is 104 Å². The van der Waals surface area contributed by atoms with E-state index in [-0.39, 0.29) is 0 Å². The molecule has 0 aliphatic carbocycles. The number of aromatic nitrogens is 2. The molecule has 17 heavy (non-hydrogen) atoms. The molecule has 0 radical (unpaired) electrons. The zero-order valence-electron chi connectivity index (χ0n) is 9.46. The summed E-state index contributed by atoms with van der Waals surface area (Å²) in [7, 11) is 1.66. The van der Waals surface area contributed by atoms with Crippen molar-refractivity contribution < 1.29 is 4.74 Å². The lowest BCUT2D eigenvalue weighted by Crippen LogP contribution is -1.93. The van der Waals surface area contributed by atoms with Gasteiger partial charge in [-0.1, -0.05) is 0 Å². The van der Waals surface area contributed by atoms with Gasteiger partial charge in [-0.3, -0.25) is 0 Å². The number of rotatable bonds is 4. The van der Waals surface area contributed by atoms with Crippen molar-refractivity contribution in [2.75, 3.05) is 12.8 Å². The number of hydrogen-bond acceptors (Lipinski definition) is 5. The second kappa shape index (κ2) is 5.54. The molecule has 0 saturated heterocycles. The Hall–Kier alpha value is -1.75. The number of methoxy groups -OCH3 is 1. The summed E-state index contributed by atoms with van der Waals surface area (Å²) in [5.74, 6) is 1.62. The Morgan fingerprint density at radius 2 is 2.24 bits per heavy atom. The van der Waals surface area contributed by atoms with Crippen LogP contribution in [0.5, 0.6) is 5.75 Å². The van der Waals surface area contributed by atoms with E-state index in [9.17, 15) is 0 Å². The summed E-state index contributed by atoms with van der Waals surface area (Å²) in [6.07, 6.45) is 3.27. The van der Waals surface area contributed by atoms with Crippen LogP contribution >= 0.6 is 11.8 Å². The monoisotopic (exact) mass is 247 g/mol. The van der Waals surface area contributed by atoms with Crippen LogP contribution in [0.1, 0.15) is 5.56 Å². The number of hydrogen-bond donors (Lipinski definition) is 1. The van der Waals surface area contributed by atoms with Gasteiger partial charge in [-0.05, 0) is 24.3 Å². The Balaban J connectivity index is 2.11. The number of nitrogens with zero attached hydrogens (tertiary/aromatic N) is 2. The van der Waals surface area contributed by atoms with E-state index in [1.54, 1.807) is 31.4 Å². The number of nitrogens with two attached hydrogens (primary N) is 1. The number of thioether (sulfide) groups is 1. The average molecular weight is 247 g/mol. The van der Waals surface area contributed by atoms with Crippen molar-refractivity contribution in [1.82, 2.24) is 9.97 Å². The summed E-state index contributed by atoms with van der Waals surface area (Å²) >= 11 is 1.63. The van der Waals surface area contributed by atoms with Crippen molar-refractivity contribution in [1.29, 1.82) is 0 Å². The second-order valence-corrected chi connectivity index (χ2v) is 4.40. The minimum absolute atomic E-state index is 0.740. The third-order valence-corrected chi connectivity index (χ3v) is 3.23. The molecule has 0 aliphatic rings. The van der Waals surface area contributed by atoms with E-state index in [0.29, 0.717) is 0 Å². The fraction of sp³-hybridized carbons (Fsp3) is 0.167. The fourth-order valence-electron chi connectivity index (χ4n) is 1.43. The summed E-state index contributed by atoms with van der Waals surface area (Å²) < 4.78 is 5.29. The first-order valence-corrected chi connectivity index (χ1v) is 6.09. The Bertz CT molecular complexity index is 490. The van der Waals surface area contributed by atoms with Gasteiger partial charge in [0.05, 0.1) is 12.1 Å². The molecule has 2 N–H and O–H groups in total. The van der Waals surface area contributed by atoms with Crippen LogP contribution in [0.25, 0.3) is 0 Å². The first kappa shape index (κ1) is 11.7. The molecule has 2 aromatic rings. The molecule has 0 fully saturated rings. The summed E-state index contributed by atoms with van der Waals surface area (Å²) in [5.41, 5.74) is 7.57. The molecule has 0 bridgehead atoms. The molecular weight excluding hydrogens is 234 g/mol. The molecule has 1 aromatic carbocycles. The standard InChI is InChI=1S/C12H13N3OS/c1-16-11-3-2-10(13)6-9(11)7-17-12-4-5-14-8-15-12/h2-6,8H,7,13H2,1H3. The molecule has 5 heteroatoms. The van der Waals surface area contributed by atoms with Crippen molar-refractivity contribution in [2.45, 2.75) is 10.8 Å². The van der Waals surface area contributed by atoms with E-state index >= 15 is 0 Å². The maximum atomic E-state index is 5.76. The van der Waals surface area contributed by atoms with Crippen molar-refractivity contribution in [3.63, 3.8) is 0 Å². The average Bonchev–Trinajstić information content (AvgIpc) is 2.38. The molecule has 0 atom stereocenters. The molecule has 1 heterocycles. The Morgan fingerprint density at radius 3 is 2.94 bits per heavy atom. The van der Waals surface area contributed by atoms with Crippen molar-refractivity contribution in [2.24, 2.45) is 0 Å². The zero-order valence-corrected chi connectivity index (χ0v) is 10.3. The third-order valence-electron chi connectivity index (χ3n) is 2.23. The van der Waals surface area contributed by atoms with Gasteiger partial charge in [-0.25, -0.2) is 9.97 Å². The van der Waals surface area contributed by atoms with E-state index in [2.05, 4.69) is 9.97 Å². The van der Waals surface area contributed by atoms with Crippen LogP contribution in [0, 0.1) is 0 Å². The molecule has 0 aliphatic heterocycles.